The highest BCUT2D eigenvalue weighted by Crippen LogP contribution is 2.20. The van der Waals surface area contributed by atoms with Crippen LogP contribution in [0.1, 0.15) is 11.1 Å². The number of nitrogens with two attached hydrogens (primary N) is 1. The SMILES string of the molecule is CN(C)Cc1cc(C[C@H](N)C(=O)O)ccc1O. The summed E-state index contributed by atoms with van der Waals surface area (Å²) in [6.45, 7) is 0.599. The van der Waals surface area contributed by atoms with E-state index in [1.165, 1.54) is 0 Å². The van der Waals surface area contributed by atoms with Crippen LogP contribution in [0.25, 0.3) is 0 Å². The van der Waals surface area contributed by atoms with Crippen LogP contribution < -0.4 is 5.73 Å². The van der Waals surface area contributed by atoms with E-state index in [9.17, 15) is 9.90 Å². The van der Waals surface area contributed by atoms with Gasteiger partial charge >= 0.3 is 5.97 Å². The first-order valence-corrected chi connectivity index (χ1v) is 5.34. The van der Waals surface area contributed by atoms with E-state index < -0.39 is 12.0 Å². The van der Waals surface area contributed by atoms with Crippen molar-refractivity contribution in [2.45, 2.75) is 19.0 Å². The van der Waals surface area contributed by atoms with Crippen LogP contribution in [0.4, 0.5) is 0 Å². The maximum Gasteiger partial charge on any atom is 0.320 e. The molecule has 0 spiro atoms. The molecule has 0 fully saturated rings. The summed E-state index contributed by atoms with van der Waals surface area (Å²) >= 11 is 0. The molecule has 17 heavy (non-hydrogen) atoms. The Kier molecular flexibility index (Phi) is 4.48. The largest absolute Gasteiger partial charge is 0.508 e. The highest BCUT2D eigenvalue weighted by atomic mass is 16.4. The standard InChI is InChI=1S/C12H18N2O3/c1-14(2)7-9-5-8(3-4-11(9)15)6-10(13)12(16)17/h3-5,10,15H,6-7,13H2,1-2H3,(H,16,17)/t10-/m0/s1. The van der Waals surface area contributed by atoms with Gasteiger partial charge in [-0.25, -0.2) is 0 Å². The Labute approximate surface area is 100 Å². The second kappa shape index (κ2) is 5.65. The molecule has 0 amide bonds. The Bertz CT molecular complexity index is 405. The molecule has 5 nitrogen and oxygen atoms in total. The summed E-state index contributed by atoms with van der Waals surface area (Å²) in [5.41, 5.74) is 7.05. The Morgan fingerprint density at radius 1 is 1.47 bits per heavy atom. The van der Waals surface area contributed by atoms with Gasteiger partial charge in [0.1, 0.15) is 11.8 Å². The second-order valence-electron chi connectivity index (χ2n) is 4.35. The number of rotatable bonds is 5. The quantitative estimate of drug-likeness (QED) is 0.691. The van der Waals surface area contributed by atoms with Gasteiger partial charge in [-0.05, 0) is 32.1 Å². The molecule has 0 bridgehead atoms. The maximum absolute atomic E-state index is 10.7. The number of aromatic hydroxyl groups is 1. The molecular weight excluding hydrogens is 220 g/mol. The summed E-state index contributed by atoms with van der Waals surface area (Å²) < 4.78 is 0. The van der Waals surface area contributed by atoms with Crippen molar-refractivity contribution in [1.29, 1.82) is 0 Å². The minimum Gasteiger partial charge on any atom is -0.508 e. The summed E-state index contributed by atoms with van der Waals surface area (Å²) in [6.07, 6.45) is 0.260. The topological polar surface area (TPSA) is 86.8 Å². The fourth-order valence-corrected chi connectivity index (χ4v) is 1.57. The molecular formula is C12H18N2O3. The van der Waals surface area contributed by atoms with Crippen molar-refractivity contribution in [3.63, 3.8) is 0 Å². The Morgan fingerprint density at radius 2 is 2.12 bits per heavy atom. The van der Waals surface area contributed by atoms with Crippen molar-refractivity contribution in [1.82, 2.24) is 4.90 Å². The van der Waals surface area contributed by atoms with Crippen LogP contribution in [0.3, 0.4) is 0 Å². The normalized spacial score (nSPS) is 12.7. The van der Waals surface area contributed by atoms with Gasteiger partial charge < -0.3 is 20.8 Å². The van der Waals surface area contributed by atoms with E-state index >= 15 is 0 Å². The minimum absolute atomic E-state index is 0.214. The van der Waals surface area contributed by atoms with Gasteiger partial charge in [-0.1, -0.05) is 12.1 Å². The van der Waals surface area contributed by atoms with Crippen LogP contribution in [-0.4, -0.2) is 41.2 Å². The van der Waals surface area contributed by atoms with Crippen molar-refractivity contribution in [2.75, 3.05) is 14.1 Å². The molecule has 0 radical (unpaired) electrons. The minimum atomic E-state index is -1.02. The molecule has 0 aliphatic carbocycles. The molecule has 1 atom stereocenters. The highest BCUT2D eigenvalue weighted by Gasteiger charge is 2.13. The summed E-state index contributed by atoms with van der Waals surface area (Å²) in [4.78, 5) is 12.6. The molecule has 1 rings (SSSR count). The summed E-state index contributed by atoms with van der Waals surface area (Å²) in [5.74, 6) is -0.807. The van der Waals surface area contributed by atoms with Crippen LogP contribution in [0.2, 0.25) is 0 Å². The van der Waals surface area contributed by atoms with Crippen LogP contribution in [0.15, 0.2) is 18.2 Å². The van der Waals surface area contributed by atoms with Gasteiger partial charge in [0.05, 0.1) is 0 Å². The lowest BCUT2D eigenvalue weighted by Gasteiger charge is -2.13. The molecule has 0 aliphatic heterocycles. The van der Waals surface area contributed by atoms with E-state index in [1.54, 1.807) is 18.2 Å². The monoisotopic (exact) mass is 238 g/mol. The van der Waals surface area contributed by atoms with Crippen LogP contribution in [0.5, 0.6) is 5.75 Å². The molecule has 5 heteroatoms. The molecule has 94 valence electrons. The third kappa shape index (κ3) is 4.05. The zero-order valence-corrected chi connectivity index (χ0v) is 10.1. The van der Waals surface area contributed by atoms with Crippen molar-refractivity contribution < 1.29 is 15.0 Å². The molecule has 1 aromatic rings. The number of carboxylic acids is 1. The molecule has 1 aromatic carbocycles. The third-order valence-corrected chi connectivity index (χ3v) is 2.40. The van der Waals surface area contributed by atoms with E-state index in [-0.39, 0.29) is 12.2 Å². The first-order chi connectivity index (χ1) is 7.90. The number of nitrogens with zero attached hydrogens (tertiary/aromatic N) is 1. The summed E-state index contributed by atoms with van der Waals surface area (Å²) in [7, 11) is 3.80. The second-order valence-corrected chi connectivity index (χ2v) is 4.35. The molecule has 0 aromatic heterocycles. The fourth-order valence-electron chi connectivity index (χ4n) is 1.57. The Balaban J connectivity index is 2.84. The average Bonchev–Trinajstić information content (AvgIpc) is 2.22. The number of phenolic OH excluding ortho intramolecular Hbond substituents is 1. The molecule has 0 saturated heterocycles. The fraction of sp³-hybridized carbons (Fsp3) is 0.417. The number of hydrogen-bond acceptors (Lipinski definition) is 4. The van der Waals surface area contributed by atoms with Crippen molar-refractivity contribution >= 4 is 5.97 Å². The molecule has 0 saturated carbocycles. The van der Waals surface area contributed by atoms with E-state index in [0.29, 0.717) is 6.54 Å². The van der Waals surface area contributed by atoms with Crippen molar-refractivity contribution in [3.05, 3.63) is 29.3 Å². The first kappa shape index (κ1) is 13.5. The number of hydrogen-bond donors (Lipinski definition) is 3. The summed E-state index contributed by atoms with van der Waals surface area (Å²) in [6, 6.07) is 4.14. The Morgan fingerprint density at radius 3 is 2.65 bits per heavy atom. The number of aliphatic carboxylic acids is 1. The maximum atomic E-state index is 10.7. The number of benzene rings is 1. The molecule has 4 N–H and O–H groups in total. The first-order valence-electron chi connectivity index (χ1n) is 5.34. The van der Waals surface area contributed by atoms with Gasteiger partial charge in [0.25, 0.3) is 0 Å². The number of carboxylic acid groups (broad SMARTS) is 1. The predicted molar refractivity (Wildman–Crippen MR) is 64.8 cm³/mol. The average molecular weight is 238 g/mol. The van der Waals surface area contributed by atoms with Gasteiger partial charge in [0.2, 0.25) is 0 Å². The van der Waals surface area contributed by atoms with Gasteiger partial charge in [0.15, 0.2) is 0 Å². The molecule has 0 unspecified atom stereocenters. The van der Waals surface area contributed by atoms with Gasteiger partial charge in [-0.3, -0.25) is 4.79 Å². The molecule has 0 aliphatic rings. The lowest BCUT2D eigenvalue weighted by molar-refractivity contribution is -0.138. The van der Waals surface area contributed by atoms with Gasteiger partial charge in [0, 0.05) is 12.1 Å². The van der Waals surface area contributed by atoms with E-state index in [2.05, 4.69) is 0 Å². The molecule has 0 heterocycles. The highest BCUT2D eigenvalue weighted by molar-refractivity contribution is 5.73. The zero-order chi connectivity index (χ0) is 13.0. The summed E-state index contributed by atoms with van der Waals surface area (Å²) in [5, 5.41) is 18.4. The van der Waals surface area contributed by atoms with Gasteiger partial charge in [-0.15, -0.1) is 0 Å². The number of carbonyl (C=O) groups is 1. The third-order valence-electron chi connectivity index (χ3n) is 2.40. The number of phenols is 1. The van der Waals surface area contributed by atoms with E-state index in [4.69, 9.17) is 10.8 Å². The lowest BCUT2D eigenvalue weighted by Crippen LogP contribution is -2.32. The predicted octanol–water partition coefficient (Wildman–Crippen LogP) is 0.408. The Hall–Kier alpha value is -1.59. The van der Waals surface area contributed by atoms with Crippen LogP contribution in [-0.2, 0) is 17.8 Å². The lowest BCUT2D eigenvalue weighted by atomic mass is 10.0. The zero-order valence-electron chi connectivity index (χ0n) is 10.1. The van der Waals surface area contributed by atoms with Crippen LogP contribution >= 0.6 is 0 Å². The van der Waals surface area contributed by atoms with E-state index in [1.807, 2.05) is 19.0 Å². The van der Waals surface area contributed by atoms with Gasteiger partial charge in [-0.2, -0.15) is 0 Å². The van der Waals surface area contributed by atoms with Crippen LogP contribution in [0, 0.1) is 0 Å². The van der Waals surface area contributed by atoms with Crippen molar-refractivity contribution in [3.8, 4) is 5.75 Å². The van der Waals surface area contributed by atoms with Crippen molar-refractivity contribution in [2.24, 2.45) is 5.73 Å². The smallest absolute Gasteiger partial charge is 0.320 e. The van der Waals surface area contributed by atoms with E-state index in [0.717, 1.165) is 11.1 Å².